The van der Waals surface area contributed by atoms with Crippen LogP contribution >= 0.6 is 0 Å². The molecule has 3 saturated heterocycles. The van der Waals surface area contributed by atoms with Gasteiger partial charge in [-0.2, -0.15) is 0 Å². The number of likely N-dealkylation sites (tertiary alicyclic amines) is 3. The molecule has 0 aromatic carbocycles. The van der Waals surface area contributed by atoms with Gasteiger partial charge in [0.25, 0.3) is 0 Å². The molecule has 3 nitrogen and oxygen atoms in total. The lowest BCUT2D eigenvalue weighted by Gasteiger charge is -2.50. The second-order valence-corrected chi connectivity index (χ2v) is 8.20. The molecule has 3 heterocycles. The van der Waals surface area contributed by atoms with E-state index in [1.54, 1.807) is 0 Å². The van der Waals surface area contributed by atoms with Crippen LogP contribution in [0.5, 0.6) is 0 Å². The maximum atomic E-state index is 2.83. The Balaban J connectivity index is 1.47. The van der Waals surface area contributed by atoms with Crippen molar-refractivity contribution in [2.75, 3.05) is 46.3 Å². The summed E-state index contributed by atoms with van der Waals surface area (Å²) in [5, 5.41) is 0. The predicted molar refractivity (Wildman–Crippen MR) is 89.7 cm³/mol. The molecule has 21 heavy (non-hydrogen) atoms. The van der Waals surface area contributed by atoms with E-state index >= 15 is 0 Å². The van der Waals surface area contributed by atoms with Crippen LogP contribution in [0.4, 0.5) is 0 Å². The highest BCUT2D eigenvalue weighted by Crippen LogP contribution is 2.42. The third-order valence-corrected chi connectivity index (χ3v) is 6.65. The highest BCUT2D eigenvalue weighted by atomic mass is 15.2. The van der Waals surface area contributed by atoms with Crippen molar-refractivity contribution in [3.8, 4) is 0 Å². The van der Waals surface area contributed by atoms with Crippen LogP contribution in [-0.4, -0.2) is 73.1 Å². The smallest absolute Gasteiger partial charge is 0.0120 e. The summed E-state index contributed by atoms with van der Waals surface area (Å²) in [6, 6.07) is 1.62. The Morgan fingerprint density at radius 2 is 1.33 bits per heavy atom. The monoisotopic (exact) mass is 293 g/mol. The fourth-order valence-corrected chi connectivity index (χ4v) is 4.74. The molecule has 3 aliphatic rings. The van der Waals surface area contributed by atoms with Crippen LogP contribution in [0, 0.1) is 5.41 Å². The summed E-state index contributed by atoms with van der Waals surface area (Å²) in [4.78, 5) is 7.99. The Kier molecular flexibility index (Phi) is 4.92. The van der Waals surface area contributed by atoms with E-state index in [0.717, 1.165) is 12.1 Å². The number of hydrogen-bond donors (Lipinski definition) is 0. The minimum atomic E-state index is 0.702. The van der Waals surface area contributed by atoms with Gasteiger partial charge in [0.1, 0.15) is 0 Å². The van der Waals surface area contributed by atoms with Gasteiger partial charge in [0.05, 0.1) is 0 Å². The zero-order chi connectivity index (χ0) is 14.9. The first kappa shape index (κ1) is 15.8. The van der Waals surface area contributed by atoms with Crippen LogP contribution in [0.3, 0.4) is 0 Å². The Labute approximate surface area is 131 Å². The normalized spacial score (nSPS) is 30.3. The molecule has 1 spiro atoms. The zero-order valence-corrected chi connectivity index (χ0v) is 14.5. The van der Waals surface area contributed by atoms with E-state index in [-0.39, 0.29) is 0 Å². The van der Waals surface area contributed by atoms with Crippen LogP contribution < -0.4 is 0 Å². The van der Waals surface area contributed by atoms with Gasteiger partial charge < -0.3 is 14.7 Å². The molecular formula is C18H35N3. The minimum Gasteiger partial charge on any atom is -0.306 e. The first-order valence-electron chi connectivity index (χ1n) is 9.25. The van der Waals surface area contributed by atoms with Crippen LogP contribution in [0.1, 0.15) is 52.4 Å². The highest BCUT2D eigenvalue weighted by molar-refractivity contribution is 4.93. The van der Waals surface area contributed by atoms with Gasteiger partial charge >= 0.3 is 0 Å². The van der Waals surface area contributed by atoms with E-state index in [1.165, 1.54) is 77.8 Å². The molecule has 0 N–H and O–H groups in total. The molecule has 3 rings (SSSR count). The third kappa shape index (κ3) is 3.62. The van der Waals surface area contributed by atoms with Crippen molar-refractivity contribution in [3.63, 3.8) is 0 Å². The summed E-state index contributed by atoms with van der Waals surface area (Å²) in [5.41, 5.74) is 0.702. The van der Waals surface area contributed by atoms with E-state index in [2.05, 4.69) is 35.6 Å². The molecule has 3 fully saturated rings. The van der Waals surface area contributed by atoms with E-state index < -0.39 is 0 Å². The Bertz CT molecular complexity index is 315. The molecule has 3 aliphatic heterocycles. The predicted octanol–water partition coefficient (Wildman–Crippen LogP) is 2.67. The lowest BCUT2D eigenvalue weighted by atomic mass is 9.70. The summed E-state index contributed by atoms with van der Waals surface area (Å²) in [6.45, 7) is 12.7. The molecule has 3 heteroatoms. The van der Waals surface area contributed by atoms with Gasteiger partial charge in [-0.3, -0.25) is 0 Å². The molecule has 0 atom stereocenters. The first-order chi connectivity index (χ1) is 10.1. The average molecular weight is 293 g/mol. The van der Waals surface area contributed by atoms with E-state index in [1.807, 2.05) is 0 Å². The van der Waals surface area contributed by atoms with Crippen LogP contribution in [0.2, 0.25) is 0 Å². The van der Waals surface area contributed by atoms with Crippen LogP contribution in [0.15, 0.2) is 0 Å². The Morgan fingerprint density at radius 1 is 0.810 bits per heavy atom. The number of piperidine rings is 3. The maximum Gasteiger partial charge on any atom is 0.0120 e. The molecule has 0 unspecified atom stereocenters. The van der Waals surface area contributed by atoms with E-state index in [4.69, 9.17) is 0 Å². The standard InChI is InChI=1S/C18H35N3/c1-16(2)20-12-6-18(7-13-20)8-14-21(15-9-18)17-4-10-19(3)11-5-17/h16-17H,4-15H2,1-3H3. The van der Waals surface area contributed by atoms with Gasteiger partial charge in [0.2, 0.25) is 0 Å². The fourth-order valence-electron chi connectivity index (χ4n) is 4.74. The topological polar surface area (TPSA) is 9.72 Å². The molecule has 0 radical (unpaired) electrons. The molecule has 0 bridgehead atoms. The summed E-state index contributed by atoms with van der Waals surface area (Å²) < 4.78 is 0. The van der Waals surface area contributed by atoms with Gasteiger partial charge in [-0.1, -0.05) is 0 Å². The van der Waals surface area contributed by atoms with Crippen molar-refractivity contribution in [1.82, 2.24) is 14.7 Å². The summed E-state index contributed by atoms with van der Waals surface area (Å²) in [7, 11) is 2.27. The van der Waals surface area contributed by atoms with Crippen molar-refractivity contribution in [2.24, 2.45) is 5.41 Å². The molecule has 0 aromatic heterocycles. The van der Waals surface area contributed by atoms with Crippen molar-refractivity contribution >= 4 is 0 Å². The third-order valence-electron chi connectivity index (χ3n) is 6.65. The van der Waals surface area contributed by atoms with Crippen molar-refractivity contribution < 1.29 is 0 Å². The largest absolute Gasteiger partial charge is 0.306 e. The second kappa shape index (κ2) is 6.55. The lowest BCUT2D eigenvalue weighted by Crippen LogP contribution is -2.52. The van der Waals surface area contributed by atoms with Crippen molar-refractivity contribution in [2.45, 2.75) is 64.5 Å². The van der Waals surface area contributed by atoms with Crippen molar-refractivity contribution in [1.29, 1.82) is 0 Å². The maximum absolute atomic E-state index is 2.83. The van der Waals surface area contributed by atoms with Gasteiger partial charge in [-0.15, -0.1) is 0 Å². The average Bonchev–Trinajstić information content (AvgIpc) is 2.50. The Hall–Kier alpha value is -0.120. The minimum absolute atomic E-state index is 0.702. The molecule has 0 aromatic rings. The molecule has 122 valence electrons. The van der Waals surface area contributed by atoms with Gasteiger partial charge in [-0.05, 0) is 104 Å². The number of nitrogens with zero attached hydrogens (tertiary/aromatic N) is 3. The van der Waals surface area contributed by atoms with Gasteiger partial charge in [0, 0.05) is 12.1 Å². The number of rotatable bonds is 2. The van der Waals surface area contributed by atoms with Crippen molar-refractivity contribution in [3.05, 3.63) is 0 Å². The van der Waals surface area contributed by atoms with E-state index in [9.17, 15) is 0 Å². The van der Waals surface area contributed by atoms with E-state index in [0.29, 0.717) is 5.41 Å². The first-order valence-corrected chi connectivity index (χ1v) is 9.25. The van der Waals surface area contributed by atoms with Crippen LogP contribution in [0.25, 0.3) is 0 Å². The van der Waals surface area contributed by atoms with Crippen LogP contribution in [-0.2, 0) is 0 Å². The molecule has 0 saturated carbocycles. The lowest BCUT2D eigenvalue weighted by molar-refractivity contribution is 0.00263. The highest BCUT2D eigenvalue weighted by Gasteiger charge is 2.39. The molecular weight excluding hydrogens is 258 g/mol. The Morgan fingerprint density at radius 3 is 1.86 bits per heavy atom. The fraction of sp³-hybridized carbons (Fsp3) is 1.00. The molecule has 0 amide bonds. The summed E-state index contributed by atoms with van der Waals surface area (Å²) in [6.07, 6.45) is 8.62. The zero-order valence-electron chi connectivity index (χ0n) is 14.5. The van der Waals surface area contributed by atoms with Gasteiger partial charge in [-0.25, -0.2) is 0 Å². The van der Waals surface area contributed by atoms with Gasteiger partial charge in [0.15, 0.2) is 0 Å². The summed E-state index contributed by atoms with van der Waals surface area (Å²) >= 11 is 0. The quantitative estimate of drug-likeness (QED) is 0.775. The molecule has 0 aliphatic carbocycles. The number of hydrogen-bond acceptors (Lipinski definition) is 3. The summed E-state index contributed by atoms with van der Waals surface area (Å²) in [5.74, 6) is 0. The second-order valence-electron chi connectivity index (χ2n) is 8.20. The SMILES string of the molecule is CC(C)N1CCC2(CC1)CCN(C1CCN(C)CC1)CC2.